The van der Waals surface area contributed by atoms with Crippen LogP contribution in [0.5, 0.6) is 11.5 Å². The summed E-state index contributed by atoms with van der Waals surface area (Å²) in [6.45, 7) is 1.58. The van der Waals surface area contributed by atoms with E-state index in [2.05, 4.69) is 29.6 Å². The summed E-state index contributed by atoms with van der Waals surface area (Å²) in [6, 6.07) is 0. The van der Waals surface area contributed by atoms with Crippen molar-refractivity contribution in [1.29, 1.82) is 0 Å². The maximum atomic E-state index is 12.0. The number of nitrogens with one attached hydrogen (secondary N) is 2. The molecule has 0 amide bonds. The van der Waals surface area contributed by atoms with E-state index >= 15 is 0 Å². The van der Waals surface area contributed by atoms with Gasteiger partial charge in [-0.05, 0) is 6.92 Å². The predicted octanol–water partition coefficient (Wildman–Crippen LogP) is -6.20. The van der Waals surface area contributed by atoms with Gasteiger partial charge in [-0.2, -0.15) is 0 Å². The van der Waals surface area contributed by atoms with E-state index < -0.39 is 23.5 Å². The molecule has 0 saturated carbocycles. The number of ether oxygens (including phenoxy) is 3. The number of aromatic amines is 2. The molecule has 4 aromatic heterocycles. The average Bonchev–Trinajstić information content (AvgIpc) is 3.65. The van der Waals surface area contributed by atoms with Crippen molar-refractivity contribution in [2.45, 2.75) is 6.92 Å². The van der Waals surface area contributed by atoms with Crippen LogP contribution in [0.4, 0.5) is 0 Å². The van der Waals surface area contributed by atoms with E-state index in [0.717, 1.165) is 7.11 Å². The minimum Gasteiger partial charge on any atom is -0.662 e. The molecule has 0 atom stereocenters. The Kier molecular flexibility index (Phi) is 28.7. The number of carboxylic acids is 1. The molecule has 0 unspecified atom stereocenters. The first-order valence-electron chi connectivity index (χ1n) is 11.1. The Labute approximate surface area is 392 Å². The molecule has 0 spiro atoms. The van der Waals surface area contributed by atoms with Crippen LogP contribution in [-0.4, -0.2) is 134 Å². The number of rotatable bonds is 8. The van der Waals surface area contributed by atoms with Gasteiger partial charge in [0.05, 0.1) is 66.2 Å². The number of halogens is 2. The number of hydrogen-bond donors (Lipinski definition) is 3. The zero-order valence-corrected chi connectivity index (χ0v) is 36.1. The van der Waals surface area contributed by atoms with Crippen LogP contribution in [0.2, 0.25) is 10.3 Å². The van der Waals surface area contributed by atoms with Gasteiger partial charge in [-0.15, -0.1) is 0 Å². The molecule has 3 N–H and O–H groups in total. The summed E-state index contributed by atoms with van der Waals surface area (Å²) < 4.78 is 14.8. The first kappa shape index (κ1) is 49.5. The van der Waals surface area contributed by atoms with Gasteiger partial charge >= 0.3 is 109 Å². The number of Topliss-reactive ketones (excluding diaryl/α,β-unsaturated/α-hetero) is 2. The van der Waals surface area contributed by atoms with E-state index in [1.54, 1.807) is 6.92 Å². The number of carbonyl (C=O) groups is 5. The molecular formula is C24H22Cl2K3N4O12. The Bertz CT molecular complexity index is 1580. The third-order valence-electron chi connectivity index (χ3n) is 4.87. The maximum Gasteiger partial charge on any atom is 1.00 e. The Balaban J connectivity index is -0.000000634. The fourth-order valence-electron chi connectivity index (χ4n) is 3.26. The molecule has 0 aliphatic carbocycles. The minimum absolute atomic E-state index is 0. The number of methoxy groups -OCH3 is 2. The smallest absolute Gasteiger partial charge is 0.662 e. The number of carboxylic acid groups (broad SMARTS) is 1. The molecule has 0 fully saturated rings. The fourth-order valence-corrected chi connectivity index (χ4v) is 3.65. The van der Waals surface area contributed by atoms with Crippen LogP contribution >= 0.6 is 23.2 Å². The number of nitrogens with zero attached hydrogens (tertiary/aromatic N) is 2. The van der Waals surface area contributed by atoms with Crippen molar-refractivity contribution in [2.75, 3.05) is 27.9 Å². The normalized spacial score (nSPS) is 8.98. The number of aliphatic hydroxyl groups excluding tert-OH is 1. The number of ketones is 2. The van der Waals surface area contributed by atoms with Gasteiger partial charge in [0, 0.05) is 70.9 Å². The molecule has 0 aromatic carbocycles. The SMILES string of the molecule is CCOC(=O)C(=O)c1c[nH]c2c(Cl)ncc(OC)c12.CO.COc1cnc(Cl)c2[nH]cc(C(=O)C(=O)[O-])c12.O=CO[O-].[K+].[K+].[K]. The average molecular weight is 747 g/mol. The number of fused-ring (bicyclic) bond motifs is 2. The number of pyridine rings is 2. The molecule has 0 saturated heterocycles. The first-order valence-corrected chi connectivity index (χ1v) is 11.9. The van der Waals surface area contributed by atoms with Gasteiger partial charge in [0.2, 0.25) is 5.78 Å². The van der Waals surface area contributed by atoms with Crippen molar-refractivity contribution in [3.8, 4) is 11.5 Å². The second-order valence-electron chi connectivity index (χ2n) is 7.00. The number of carbonyl (C=O) groups excluding carboxylic acids is 5. The second-order valence-corrected chi connectivity index (χ2v) is 7.71. The molecule has 227 valence electrons. The van der Waals surface area contributed by atoms with Crippen LogP contribution in [0.3, 0.4) is 0 Å². The molecule has 1 radical (unpaired) electrons. The summed E-state index contributed by atoms with van der Waals surface area (Å²) in [5.41, 5.74) is 0.861. The molecule has 45 heavy (non-hydrogen) atoms. The topological polar surface area (TPSA) is 246 Å². The van der Waals surface area contributed by atoms with Gasteiger partial charge in [0.25, 0.3) is 12.3 Å². The Hall–Kier alpha value is 0.139. The molecule has 21 heteroatoms. The van der Waals surface area contributed by atoms with Gasteiger partial charge in [-0.25, -0.2) is 14.8 Å². The van der Waals surface area contributed by atoms with E-state index in [1.807, 2.05) is 0 Å². The number of H-pyrrole nitrogens is 2. The molecule has 4 aromatic rings. The monoisotopic (exact) mass is 745 g/mol. The van der Waals surface area contributed by atoms with Gasteiger partial charge in [-0.3, -0.25) is 14.4 Å². The standard InChI is InChI=1S/C12H11ClN2O4.C10H7ClN2O4.CH2O3.CH4O.3K/c1-3-19-12(17)10(16)6-4-14-9-8(6)7(18-2)5-15-11(9)13;1-17-5-3-13-9(11)7-6(5)4(2-12-7)8(14)10(15)16;2-1-4-3;1-2;;;/h4-5,14H,3H2,1-2H3;2-3,12H,1H3,(H,15,16);1,3H;2H,1H3;;;/q;;;;;2*+1/p-2. The van der Waals surface area contributed by atoms with Crippen molar-refractivity contribution >= 4 is 126 Å². The zero-order valence-electron chi connectivity index (χ0n) is 25.2. The Morgan fingerprint density at radius 2 is 1.27 bits per heavy atom. The predicted molar refractivity (Wildman–Crippen MR) is 147 cm³/mol. The van der Waals surface area contributed by atoms with Crippen molar-refractivity contribution < 1.29 is 161 Å². The van der Waals surface area contributed by atoms with Gasteiger partial charge in [0.1, 0.15) is 17.5 Å². The van der Waals surface area contributed by atoms with E-state index in [0.29, 0.717) is 22.2 Å². The summed E-state index contributed by atoms with van der Waals surface area (Å²) in [4.78, 5) is 69.9. The van der Waals surface area contributed by atoms with Crippen molar-refractivity contribution in [3.63, 3.8) is 0 Å². The van der Waals surface area contributed by atoms with Crippen LogP contribution in [0.25, 0.3) is 21.8 Å². The number of aliphatic hydroxyl groups is 1. The van der Waals surface area contributed by atoms with E-state index in [1.165, 1.54) is 39.0 Å². The quantitative estimate of drug-likeness (QED) is 0.0222. The van der Waals surface area contributed by atoms with Crippen molar-refractivity contribution in [3.05, 3.63) is 46.2 Å². The van der Waals surface area contributed by atoms with Crippen LogP contribution in [0.15, 0.2) is 24.8 Å². The van der Waals surface area contributed by atoms with Crippen LogP contribution in [-0.2, 0) is 24.0 Å². The van der Waals surface area contributed by atoms with Gasteiger partial charge in [0.15, 0.2) is 10.3 Å². The zero-order chi connectivity index (χ0) is 32.0. The summed E-state index contributed by atoms with van der Waals surface area (Å²) >= 11 is 11.7. The van der Waals surface area contributed by atoms with E-state index in [4.69, 9.17) is 47.8 Å². The minimum atomic E-state index is -1.79. The number of aromatic nitrogens is 4. The molecule has 16 nitrogen and oxygen atoms in total. The van der Waals surface area contributed by atoms with Crippen molar-refractivity contribution in [2.24, 2.45) is 0 Å². The van der Waals surface area contributed by atoms with Gasteiger partial charge < -0.3 is 49.3 Å². The largest absolute Gasteiger partial charge is 1.00 e. The number of hydrogen-bond acceptors (Lipinski definition) is 14. The van der Waals surface area contributed by atoms with E-state index in [-0.39, 0.29) is 200 Å². The van der Waals surface area contributed by atoms with Gasteiger partial charge in [-0.1, -0.05) is 23.2 Å². The molecule has 4 heterocycles. The number of aliphatic carboxylic acids is 1. The van der Waals surface area contributed by atoms with Crippen LogP contribution in [0.1, 0.15) is 27.6 Å². The summed E-state index contributed by atoms with van der Waals surface area (Å²) in [6.07, 6.45) is 5.32. The van der Waals surface area contributed by atoms with Crippen LogP contribution < -0.4 is 123 Å². The van der Waals surface area contributed by atoms with Crippen molar-refractivity contribution in [1.82, 2.24) is 19.9 Å². The third kappa shape index (κ3) is 13.5. The Morgan fingerprint density at radius 3 is 1.58 bits per heavy atom. The first-order chi connectivity index (χ1) is 20.1. The molecule has 0 aliphatic rings. The molecule has 4 rings (SSSR count). The third-order valence-corrected chi connectivity index (χ3v) is 5.44. The Morgan fingerprint density at radius 1 is 0.889 bits per heavy atom. The second kappa shape index (κ2) is 26.1. The summed E-state index contributed by atoms with van der Waals surface area (Å²) in [5.74, 6) is -3.99. The summed E-state index contributed by atoms with van der Waals surface area (Å²) in [5, 5.41) is 27.0. The maximum absolute atomic E-state index is 12.0. The fraction of sp³-hybridized carbons (Fsp3) is 0.208. The van der Waals surface area contributed by atoms with E-state index in [9.17, 15) is 24.3 Å². The van der Waals surface area contributed by atoms with Crippen LogP contribution in [0, 0.1) is 0 Å². The number of esters is 1. The molecule has 0 bridgehead atoms. The molecular weight excluding hydrogens is 724 g/mol. The summed E-state index contributed by atoms with van der Waals surface area (Å²) in [7, 11) is 3.82. The molecule has 0 aliphatic heterocycles.